The molecule has 0 spiro atoms. The van der Waals surface area contributed by atoms with Crippen LogP contribution in [0.2, 0.25) is 0 Å². The van der Waals surface area contributed by atoms with Gasteiger partial charge in [0.15, 0.2) is 0 Å². The van der Waals surface area contributed by atoms with Gasteiger partial charge in [-0.15, -0.1) is 0 Å². The molecule has 0 radical (unpaired) electrons. The molecule has 2 unspecified atom stereocenters. The Labute approximate surface area is 108 Å². The Morgan fingerprint density at radius 2 is 1.72 bits per heavy atom. The van der Waals surface area contributed by atoms with E-state index >= 15 is 0 Å². The van der Waals surface area contributed by atoms with E-state index in [4.69, 9.17) is 0 Å². The van der Waals surface area contributed by atoms with Crippen LogP contribution in [0.15, 0.2) is 18.2 Å². The van der Waals surface area contributed by atoms with E-state index in [1.165, 1.54) is 25.0 Å². The van der Waals surface area contributed by atoms with Crippen LogP contribution in [0.3, 0.4) is 0 Å². The molecule has 0 aliphatic heterocycles. The van der Waals surface area contributed by atoms with Crippen molar-refractivity contribution in [2.24, 2.45) is 11.8 Å². The highest BCUT2D eigenvalue weighted by Crippen LogP contribution is 2.36. The van der Waals surface area contributed by atoms with Gasteiger partial charge in [-0.05, 0) is 55.3 Å². The first-order valence-electron chi connectivity index (χ1n) is 6.73. The van der Waals surface area contributed by atoms with Crippen LogP contribution in [0, 0.1) is 23.5 Å². The number of hydrogen-bond acceptors (Lipinski definition) is 1. The molecule has 1 aliphatic carbocycles. The van der Waals surface area contributed by atoms with Crippen molar-refractivity contribution >= 4 is 0 Å². The molecule has 0 bridgehead atoms. The highest BCUT2D eigenvalue weighted by atomic mass is 19.1. The fourth-order valence-electron chi connectivity index (χ4n) is 2.59. The van der Waals surface area contributed by atoms with Crippen LogP contribution < -0.4 is 5.32 Å². The summed E-state index contributed by atoms with van der Waals surface area (Å²) in [4.78, 5) is 0. The van der Waals surface area contributed by atoms with Crippen molar-refractivity contribution in [3.05, 3.63) is 35.4 Å². The van der Waals surface area contributed by atoms with Gasteiger partial charge < -0.3 is 5.32 Å². The van der Waals surface area contributed by atoms with Crippen molar-refractivity contribution in [1.29, 1.82) is 0 Å². The van der Waals surface area contributed by atoms with E-state index in [9.17, 15) is 8.78 Å². The van der Waals surface area contributed by atoms with E-state index in [1.807, 2.05) is 0 Å². The van der Waals surface area contributed by atoms with Gasteiger partial charge in [-0.1, -0.05) is 13.8 Å². The fraction of sp³-hybridized carbons (Fsp3) is 0.600. The lowest BCUT2D eigenvalue weighted by Crippen LogP contribution is -2.38. The summed E-state index contributed by atoms with van der Waals surface area (Å²) in [7, 11) is 0. The summed E-state index contributed by atoms with van der Waals surface area (Å²) in [5, 5.41) is 3.44. The molecule has 0 heterocycles. The lowest BCUT2D eigenvalue weighted by Gasteiger charge is -2.37. The summed E-state index contributed by atoms with van der Waals surface area (Å²) >= 11 is 0. The molecule has 1 saturated carbocycles. The van der Waals surface area contributed by atoms with Crippen molar-refractivity contribution < 1.29 is 8.78 Å². The zero-order valence-corrected chi connectivity index (χ0v) is 11.0. The van der Waals surface area contributed by atoms with Crippen molar-refractivity contribution in [3.8, 4) is 0 Å². The molecule has 0 aromatic heterocycles. The number of hydrogen-bond donors (Lipinski definition) is 1. The number of rotatable bonds is 5. The highest BCUT2D eigenvalue weighted by molar-refractivity contribution is 5.19. The summed E-state index contributed by atoms with van der Waals surface area (Å²) in [5.74, 6) is 0.276. The summed E-state index contributed by atoms with van der Waals surface area (Å²) < 4.78 is 26.2. The predicted molar refractivity (Wildman–Crippen MR) is 69.4 cm³/mol. The van der Waals surface area contributed by atoms with Crippen molar-refractivity contribution in [2.45, 2.75) is 39.2 Å². The molecule has 100 valence electrons. The molecule has 1 N–H and O–H groups in total. The maximum absolute atomic E-state index is 13.1. The second-order valence-electron chi connectivity index (χ2n) is 5.64. The summed E-state index contributed by atoms with van der Waals surface area (Å²) in [6.45, 7) is 5.28. The molecule has 1 aromatic rings. The van der Waals surface area contributed by atoms with Gasteiger partial charge in [0.05, 0.1) is 0 Å². The monoisotopic (exact) mass is 253 g/mol. The van der Waals surface area contributed by atoms with E-state index in [0.717, 1.165) is 24.6 Å². The van der Waals surface area contributed by atoms with Crippen LogP contribution in [-0.2, 0) is 6.42 Å². The lowest BCUT2D eigenvalue weighted by atomic mass is 9.70. The third-order valence-electron chi connectivity index (χ3n) is 3.78. The van der Waals surface area contributed by atoms with Crippen LogP contribution in [0.5, 0.6) is 0 Å². The van der Waals surface area contributed by atoms with Gasteiger partial charge in [-0.2, -0.15) is 0 Å². The largest absolute Gasteiger partial charge is 0.314 e. The topological polar surface area (TPSA) is 12.0 Å². The molecule has 1 fully saturated rings. The lowest BCUT2D eigenvalue weighted by molar-refractivity contribution is 0.167. The molecule has 1 aliphatic rings. The predicted octanol–water partition coefficient (Wildman–Crippen LogP) is 3.53. The Kier molecular flexibility index (Phi) is 4.33. The second-order valence-corrected chi connectivity index (χ2v) is 5.64. The van der Waals surface area contributed by atoms with Crippen molar-refractivity contribution in [2.75, 3.05) is 6.54 Å². The molecule has 18 heavy (non-hydrogen) atoms. The third kappa shape index (κ3) is 3.52. The molecular formula is C15H21F2N. The van der Waals surface area contributed by atoms with E-state index in [2.05, 4.69) is 19.2 Å². The van der Waals surface area contributed by atoms with Gasteiger partial charge in [0.2, 0.25) is 0 Å². The quantitative estimate of drug-likeness (QED) is 0.846. The minimum atomic E-state index is -0.471. The molecule has 2 atom stereocenters. The van der Waals surface area contributed by atoms with Crippen LogP contribution in [0.4, 0.5) is 8.78 Å². The van der Waals surface area contributed by atoms with E-state index in [1.54, 1.807) is 0 Å². The van der Waals surface area contributed by atoms with E-state index in [-0.39, 0.29) is 0 Å². The molecule has 3 heteroatoms. The van der Waals surface area contributed by atoms with Crippen LogP contribution >= 0.6 is 0 Å². The Hall–Kier alpha value is -0.960. The molecular weight excluding hydrogens is 232 g/mol. The molecule has 0 saturated heterocycles. The first-order valence-corrected chi connectivity index (χ1v) is 6.73. The first kappa shape index (κ1) is 13.5. The Balaban J connectivity index is 1.89. The summed E-state index contributed by atoms with van der Waals surface area (Å²) in [6, 6.07) is 4.34. The maximum atomic E-state index is 13.1. The van der Waals surface area contributed by atoms with Crippen molar-refractivity contribution in [1.82, 2.24) is 5.32 Å². The zero-order chi connectivity index (χ0) is 13.1. The normalized spacial score (nSPS) is 23.2. The van der Waals surface area contributed by atoms with Gasteiger partial charge >= 0.3 is 0 Å². The Morgan fingerprint density at radius 3 is 2.22 bits per heavy atom. The number of halogens is 2. The number of nitrogens with one attached hydrogen (secondary N) is 1. The summed E-state index contributed by atoms with van der Waals surface area (Å²) in [6.07, 6.45) is 3.18. The standard InChI is InChI=1S/C15H21F2N/c1-10(2)18-9-13-4-3-12(13)5-11-6-14(16)8-15(17)7-11/h6-8,10,12-13,18H,3-5,9H2,1-2H3. The maximum Gasteiger partial charge on any atom is 0.126 e. The summed E-state index contributed by atoms with van der Waals surface area (Å²) in [5.41, 5.74) is 0.784. The van der Waals surface area contributed by atoms with Gasteiger partial charge in [-0.3, -0.25) is 0 Å². The average molecular weight is 253 g/mol. The Bertz CT molecular complexity index is 383. The van der Waals surface area contributed by atoms with Crippen LogP contribution in [-0.4, -0.2) is 12.6 Å². The highest BCUT2D eigenvalue weighted by Gasteiger charge is 2.30. The number of benzene rings is 1. The molecule has 1 nitrogen and oxygen atoms in total. The van der Waals surface area contributed by atoms with Gasteiger partial charge in [-0.25, -0.2) is 8.78 Å². The Morgan fingerprint density at radius 1 is 1.11 bits per heavy atom. The second kappa shape index (κ2) is 5.79. The van der Waals surface area contributed by atoms with Crippen molar-refractivity contribution in [3.63, 3.8) is 0 Å². The van der Waals surface area contributed by atoms with Crippen LogP contribution in [0.25, 0.3) is 0 Å². The molecule has 2 rings (SSSR count). The smallest absolute Gasteiger partial charge is 0.126 e. The first-order chi connectivity index (χ1) is 8.54. The minimum absolute atomic E-state index is 0.471. The van der Waals surface area contributed by atoms with Crippen LogP contribution in [0.1, 0.15) is 32.3 Å². The average Bonchev–Trinajstić information content (AvgIpc) is 2.23. The van der Waals surface area contributed by atoms with E-state index in [0.29, 0.717) is 17.9 Å². The molecule has 0 amide bonds. The third-order valence-corrected chi connectivity index (χ3v) is 3.78. The van der Waals surface area contributed by atoms with Gasteiger partial charge in [0, 0.05) is 12.1 Å². The zero-order valence-electron chi connectivity index (χ0n) is 11.0. The van der Waals surface area contributed by atoms with E-state index < -0.39 is 11.6 Å². The van der Waals surface area contributed by atoms with Gasteiger partial charge in [0.25, 0.3) is 0 Å². The molecule has 1 aromatic carbocycles. The fourth-order valence-corrected chi connectivity index (χ4v) is 2.59. The minimum Gasteiger partial charge on any atom is -0.314 e. The SMILES string of the molecule is CC(C)NCC1CCC1Cc1cc(F)cc(F)c1. The van der Waals surface area contributed by atoms with Gasteiger partial charge in [0.1, 0.15) is 11.6 Å².